The summed E-state index contributed by atoms with van der Waals surface area (Å²) in [5.74, 6) is 0. The molecule has 64 valence electrons. The molecule has 0 saturated heterocycles. The summed E-state index contributed by atoms with van der Waals surface area (Å²) in [7, 11) is 0. The van der Waals surface area contributed by atoms with E-state index >= 15 is 0 Å². The second-order valence-electron chi connectivity index (χ2n) is 1.58. The summed E-state index contributed by atoms with van der Waals surface area (Å²) in [6, 6.07) is 0. The van der Waals surface area contributed by atoms with Gasteiger partial charge in [0.2, 0.25) is 0 Å². The molecule has 0 aromatic heterocycles. The highest BCUT2D eigenvalue weighted by molar-refractivity contribution is 7.79. The number of aliphatic hydroxyl groups excluding tert-OH is 2. The van der Waals surface area contributed by atoms with Gasteiger partial charge in [0.1, 0.15) is 0 Å². The minimum Gasteiger partial charge on any atom is -0.472 e. The SMILES string of the molecule is OC(=S)OCCCOC(O)=S. The van der Waals surface area contributed by atoms with Gasteiger partial charge in [-0.05, 0) is 0 Å². The van der Waals surface area contributed by atoms with Crippen molar-refractivity contribution in [2.24, 2.45) is 0 Å². The maximum absolute atomic E-state index is 8.35. The van der Waals surface area contributed by atoms with Gasteiger partial charge in [-0.25, -0.2) is 0 Å². The third kappa shape index (κ3) is 9.38. The van der Waals surface area contributed by atoms with E-state index in [2.05, 4.69) is 33.9 Å². The smallest absolute Gasteiger partial charge is 0.349 e. The van der Waals surface area contributed by atoms with E-state index in [-0.39, 0.29) is 13.2 Å². The maximum Gasteiger partial charge on any atom is 0.349 e. The zero-order valence-electron chi connectivity index (χ0n) is 5.65. The molecule has 6 heteroatoms. The van der Waals surface area contributed by atoms with Crippen LogP contribution in [0.25, 0.3) is 0 Å². The van der Waals surface area contributed by atoms with Crippen molar-refractivity contribution in [1.82, 2.24) is 0 Å². The van der Waals surface area contributed by atoms with Crippen molar-refractivity contribution >= 4 is 34.9 Å². The molecule has 4 nitrogen and oxygen atoms in total. The van der Waals surface area contributed by atoms with Crippen LogP contribution in [0.3, 0.4) is 0 Å². The van der Waals surface area contributed by atoms with E-state index in [1.165, 1.54) is 0 Å². The topological polar surface area (TPSA) is 58.9 Å². The summed E-state index contributed by atoms with van der Waals surface area (Å²) in [5, 5.41) is 15.7. The number of thiocarbonyl (C=S) groups is 2. The second kappa shape index (κ2) is 6.11. The van der Waals surface area contributed by atoms with E-state index < -0.39 is 10.5 Å². The highest BCUT2D eigenvalue weighted by atomic mass is 32.1. The quantitative estimate of drug-likeness (QED) is 0.518. The summed E-state index contributed by atoms with van der Waals surface area (Å²) in [4.78, 5) is 0. The third-order valence-electron chi connectivity index (χ3n) is 0.740. The molecule has 0 saturated carbocycles. The molecule has 0 unspecified atom stereocenters. The average molecular weight is 196 g/mol. The molecule has 0 amide bonds. The molecule has 0 radical (unpaired) electrons. The monoisotopic (exact) mass is 196 g/mol. The summed E-state index contributed by atoms with van der Waals surface area (Å²) < 4.78 is 9.01. The van der Waals surface area contributed by atoms with Crippen LogP contribution in [0.2, 0.25) is 0 Å². The fourth-order valence-corrected chi connectivity index (χ4v) is 0.545. The predicted octanol–water partition coefficient (Wildman–Crippen LogP) is 1.10. The van der Waals surface area contributed by atoms with Crippen LogP contribution in [0, 0.1) is 0 Å². The molecule has 0 aliphatic heterocycles. The lowest BCUT2D eigenvalue weighted by molar-refractivity contribution is 0.186. The summed E-state index contributed by atoms with van der Waals surface area (Å²) in [6.07, 6.45) is 0.501. The van der Waals surface area contributed by atoms with Gasteiger partial charge in [0.15, 0.2) is 0 Å². The lowest BCUT2D eigenvalue weighted by Gasteiger charge is -2.02. The zero-order chi connectivity index (χ0) is 8.69. The first-order valence-corrected chi connectivity index (χ1v) is 3.66. The molecule has 0 bridgehead atoms. The number of rotatable bonds is 4. The standard InChI is InChI=1S/C5H8O4S2/c6-4(10)8-2-1-3-9-5(7)11/h1-3H2,(H,6,10)(H,7,11). The van der Waals surface area contributed by atoms with Gasteiger partial charge in [0.05, 0.1) is 13.2 Å². The molecular weight excluding hydrogens is 188 g/mol. The Morgan fingerprint density at radius 2 is 1.36 bits per heavy atom. The second-order valence-corrected chi connectivity index (χ2v) is 2.28. The third-order valence-corrected chi connectivity index (χ3v) is 0.975. The zero-order valence-corrected chi connectivity index (χ0v) is 7.28. The van der Waals surface area contributed by atoms with Crippen LogP contribution in [0.1, 0.15) is 6.42 Å². The number of aliphatic hydroxyl groups is 2. The van der Waals surface area contributed by atoms with E-state index in [0.29, 0.717) is 6.42 Å². The summed E-state index contributed by atoms with van der Waals surface area (Å²) in [5.41, 5.74) is 0. The molecule has 2 N–H and O–H groups in total. The normalized spacial score (nSPS) is 8.73. The van der Waals surface area contributed by atoms with Crippen molar-refractivity contribution in [1.29, 1.82) is 0 Å². The highest BCUT2D eigenvalue weighted by Gasteiger charge is 1.93. The van der Waals surface area contributed by atoms with Gasteiger partial charge < -0.3 is 19.7 Å². The van der Waals surface area contributed by atoms with Crippen LogP contribution in [-0.2, 0) is 9.47 Å². The van der Waals surface area contributed by atoms with Gasteiger partial charge >= 0.3 is 10.5 Å². The van der Waals surface area contributed by atoms with Gasteiger partial charge in [-0.15, -0.1) is 0 Å². The van der Waals surface area contributed by atoms with Gasteiger partial charge in [-0.3, -0.25) is 0 Å². The fourth-order valence-electron chi connectivity index (χ4n) is 0.378. The van der Waals surface area contributed by atoms with Crippen molar-refractivity contribution in [3.63, 3.8) is 0 Å². The number of hydrogen-bond acceptors (Lipinski definition) is 4. The van der Waals surface area contributed by atoms with Crippen LogP contribution in [0.4, 0.5) is 0 Å². The Labute approximate surface area is 74.7 Å². The number of hydrogen-bond donors (Lipinski definition) is 2. The molecule has 0 spiro atoms. The van der Waals surface area contributed by atoms with Crippen molar-refractivity contribution in [3.05, 3.63) is 0 Å². The van der Waals surface area contributed by atoms with Gasteiger partial charge in [0, 0.05) is 30.9 Å². The number of ether oxygens (including phenoxy) is 2. The highest BCUT2D eigenvalue weighted by Crippen LogP contribution is 1.86. The van der Waals surface area contributed by atoms with E-state index in [1.54, 1.807) is 0 Å². The van der Waals surface area contributed by atoms with Gasteiger partial charge in [-0.1, -0.05) is 0 Å². The Hall–Kier alpha value is -0.620. The molecule has 0 aromatic carbocycles. The predicted molar refractivity (Wildman–Crippen MR) is 47.0 cm³/mol. The van der Waals surface area contributed by atoms with Gasteiger partial charge in [-0.2, -0.15) is 0 Å². The minimum atomic E-state index is -0.489. The first kappa shape index (κ1) is 10.4. The maximum atomic E-state index is 8.35. The van der Waals surface area contributed by atoms with E-state index in [4.69, 9.17) is 10.2 Å². The summed E-state index contributed by atoms with van der Waals surface area (Å²) in [6.45, 7) is 0.496. The Bertz CT molecular complexity index is 131. The minimum absolute atomic E-state index is 0.248. The Morgan fingerprint density at radius 1 is 1.00 bits per heavy atom. The van der Waals surface area contributed by atoms with E-state index in [0.717, 1.165) is 0 Å². The van der Waals surface area contributed by atoms with E-state index in [9.17, 15) is 0 Å². The van der Waals surface area contributed by atoms with Crippen LogP contribution in [-0.4, -0.2) is 33.9 Å². The van der Waals surface area contributed by atoms with E-state index in [1.807, 2.05) is 0 Å². The molecule has 0 heterocycles. The van der Waals surface area contributed by atoms with Crippen LogP contribution in [0.5, 0.6) is 0 Å². The first-order chi connectivity index (χ1) is 5.13. The van der Waals surface area contributed by atoms with Crippen LogP contribution >= 0.6 is 24.4 Å². The van der Waals surface area contributed by atoms with Crippen molar-refractivity contribution in [2.75, 3.05) is 13.2 Å². The lowest BCUT2D eigenvalue weighted by Crippen LogP contribution is -2.07. The average Bonchev–Trinajstić information content (AvgIpc) is 1.85. The first-order valence-electron chi connectivity index (χ1n) is 2.84. The van der Waals surface area contributed by atoms with Crippen LogP contribution in [0.15, 0.2) is 0 Å². The van der Waals surface area contributed by atoms with Crippen molar-refractivity contribution < 1.29 is 19.7 Å². The molecule has 0 aliphatic rings. The van der Waals surface area contributed by atoms with Gasteiger partial charge in [0.25, 0.3) is 0 Å². The lowest BCUT2D eigenvalue weighted by atomic mass is 10.5. The molecule has 0 fully saturated rings. The fraction of sp³-hybridized carbons (Fsp3) is 0.600. The molecule has 0 atom stereocenters. The Kier molecular flexibility index (Phi) is 5.77. The molecule has 11 heavy (non-hydrogen) atoms. The molecule has 0 aromatic rings. The Morgan fingerprint density at radius 3 is 1.64 bits per heavy atom. The Balaban J connectivity index is 3.03. The van der Waals surface area contributed by atoms with Crippen molar-refractivity contribution in [3.8, 4) is 0 Å². The summed E-state index contributed by atoms with van der Waals surface area (Å²) >= 11 is 8.43. The largest absolute Gasteiger partial charge is 0.472 e. The molecular formula is C5H8O4S2. The van der Waals surface area contributed by atoms with Crippen LogP contribution < -0.4 is 0 Å². The molecule has 0 aliphatic carbocycles. The molecule has 0 rings (SSSR count). The van der Waals surface area contributed by atoms with Crippen molar-refractivity contribution in [2.45, 2.75) is 6.42 Å².